The van der Waals surface area contributed by atoms with Crippen molar-refractivity contribution in [2.45, 2.75) is 25.1 Å². The molecule has 0 spiro atoms. The van der Waals surface area contributed by atoms with Gasteiger partial charge in [-0.3, -0.25) is 4.90 Å². The fourth-order valence-electron chi connectivity index (χ4n) is 1.90. The van der Waals surface area contributed by atoms with E-state index in [0.29, 0.717) is 13.0 Å². The first-order chi connectivity index (χ1) is 8.45. The summed E-state index contributed by atoms with van der Waals surface area (Å²) in [6.45, 7) is -0.0123. The maximum absolute atomic E-state index is 12.6. The maximum Gasteiger partial charge on any atom is 0.405 e. The fraction of sp³-hybridized carbons (Fsp3) is 0.538. The Labute approximate surface area is 106 Å². The van der Waals surface area contributed by atoms with Crippen molar-refractivity contribution in [3.8, 4) is 0 Å². The van der Waals surface area contributed by atoms with E-state index in [1.165, 1.54) is 11.9 Å². The van der Waals surface area contributed by atoms with Gasteiger partial charge in [-0.15, -0.1) is 0 Å². The first-order valence-corrected chi connectivity index (χ1v) is 5.96. The van der Waals surface area contributed by atoms with Gasteiger partial charge in [0, 0.05) is 6.54 Å². The molecule has 0 amide bonds. The third-order valence-corrected chi connectivity index (χ3v) is 2.95. The van der Waals surface area contributed by atoms with E-state index in [2.05, 4.69) is 0 Å². The van der Waals surface area contributed by atoms with Crippen molar-refractivity contribution in [3.05, 3.63) is 35.9 Å². The number of hydrogen-bond donors (Lipinski definition) is 1. The highest BCUT2D eigenvalue weighted by Crippen LogP contribution is 2.23. The smallest absolute Gasteiger partial charge is 0.329 e. The van der Waals surface area contributed by atoms with E-state index in [1.54, 1.807) is 0 Å². The molecule has 2 nitrogen and oxygen atoms in total. The second-order valence-electron chi connectivity index (χ2n) is 4.36. The third kappa shape index (κ3) is 4.66. The van der Waals surface area contributed by atoms with Crippen molar-refractivity contribution < 1.29 is 13.2 Å². The molecule has 18 heavy (non-hydrogen) atoms. The Hall–Kier alpha value is -1.07. The van der Waals surface area contributed by atoms with Crippen molar-refractivity contribution >= 4 is 0 Å². The number of aryl methyl sites for hydroxylation is 1. The van der Waals surface area contributed by atoms with Gasteiger partial charge in [-0.1, -0.05) is 30.3 Å². The first kappa shape index (κ1) is 15.0. The van der Waals surface area contributed by atoms with Gasteiger partial charge >= 0.3 is 6.18 Å². The minimum absolute atomic E-state index is 0.385. The summed E-state index contributed by atoms with van der Waals surface area (Å²) in [5, 5.41) is 0. The Kier molecular flexibility index (Phi) is 5.62. The zero-order chi connectivity index (χ0) is 13.6. The zero-order valence-electron chi connectivity index (χ0n) is 10.5. The molecule has 0 aromatic heterocycles. The number of hydrogen-bond acceptors (Lipinski definition) is 2. The standard InChI is InChI=1S/C13H19F3N2/c1-18(12(10-17)13(14,15)16)9-5-8-11-6-3-2-4-7-11/h2-4,6-7,12H,5,8-10,17H2,1H3. The Morgan fingerprint density at radius 1 is 1.22 bits per heavy atom. The van der Waals surface area contributed by atoms with Crippen LogP contribution in [0, 0.1) is 0 Å². The molecule has 1 aromatic rings. The molecule has 0 radical (unpaired) electrons. The molecule has 0 aliphatic carbocycles. The lowest BCUT2D eigenvalue weighted by atomic mass is 10.1. The Morgan fingerprint density at radius 2 is 1.83 bits per heavy atom. The van der Waals surface area contributed by atoms with E-state index in [9.17, 15) is 13.2 Å². The summed E-state index contributed by atoms with van der Waals surface area (Å²) >= 11 is 0. The molecule has 2 N–H and O–H groups in total. The average molecular weight is 260 g/mol. The molecule has 0 aliphatic rings. The van der Waals surface area contributed by atoms with Crippen LogP contribution in [0.15, 0.2) is 30.3 Å². The lowest BCUT2D eigenvalue weighted by Crippen LogP contribution is -2.48. The number of halogens is 3. The monoisotopic (exact) mass is 260 g/mol. The topological polar surface area (TPSA) is 29.3 Å². The van der Waals surface area contributed by atoms with E-state index in [-0.39, 0.29) is 0 Å². The van der Waals surface area contributed by atoms with Crippen molar-refractivity contribution in [1.82, 2.24) is 4.90 Å². The molecule has 1 rings (SSSR count). The van der Waals surface area contributed by atoms with Crippen LogP contribution < -0.4 is 5.73 Å². The highest BCUT2D eigenvalue weighted by Gasteiger charge is 2.40. The van der Waals surface area contributed by atoms with Gasteiger partial charge in [0.15, 0.2) is 0 Å². The summed E-state index contributed by atoms with van der Waals surface area (Å²) in [7, 11) is 1.47. The molecule has 1 atom stereocenters. The molecule has 0 heterocycles. The minimum atomic E-state index is -4.25. The highest BCUT2D eigenvalue weighted by molar-refractivity contribution is 5.14. The predicted octanol–water partition coefficient (Wildman–Crippen LogP) is 2.44. The van der Waals surface area contributed by atoms with E-state index in [1.807, 2.05) is 30.3 Å². The van der Waals surface area contributed by atoms with Crippen LogP contribution in [0.5, 0.6) is 0 Å². The number of rotatable bonds is 6. The fourth-order valence-corrected chi connectivity index (χ4v) is 1.90. The van der Waals surface area contributed by atoms with Crippen LogP contribution >= 0.6 is 0 Å². The molecule has 0 saturated carbocycles. The van der Waals surface area contributed by atoms with E-state index >= 15 is 0 Å². The summed E-state index contributed by atoms with van der Waals surface area (Å²) in [6.07, 6.45) is -2.79. The average Bonchev–Trinajstić information content (AvgIpc) is 2.29. The van der Waals surface area contributed by atoms with Crippen LogP contribution in [0.1, 0.15) is 12.0 Å². The molecule has 102 valence electrons. The SMILES string of the molecule is CN(CCCc1ccccc1)C(CN)C(F)(F)F. The second-order valence-corrected chi connectivity index (χ2v) is 4.36. The number of alkyl halides is 3. The maximum atomic E-state index is 12.6. The molecule has 0 bridgehead atoms. The third-order valence-electron chi connectivity index (χ3n) is 2.95. The van der Waals surface area contributed by atoms with E-state index in [0.717, 1.165) is 12.0 Å². The van der Waals surface area contributed by atoms with Gasteiger partial charge in [-0.05, 0) is 32.0 Å². The Morgan fingerprint density at radius 3 is 2.33 bits per heavy atom. The summed E-state index contributed by atoms with van der Waals surface area (Å²) in [5.74, 6) is 0. The number of nitrogens with zero attached hydrogens (tertiary/aromatic N) is 1. The molecule has 0 saturated heterocycles. The van der Waals surface area contributed by atoms with Crippen molar-refractivity contribution in [3.63, 3.8) is 0 Å². The van der Waals surface area contributed by atoms with Crippen molar-refractivity contribution in [2.75, 3.05) is 20.1 Å². The zero-order valence-corrected chi connectivity index (χ0v) is 10.5. The summed E-state index contributed by atoms with van der Waals surface area (Å²) in [5.41, 5.74) is 6.32. The number of nitrogens with two attached hydrogens (primary N) is 1. The van der Waals surface area contributed by atoms with Crippen LogP contribution in [-0.4, -0.2) is 37.3 Å². The summed E-state index contributed by atoms with van der Waals surface area (Å²) in [4.78, 5) is 1.28. The van der Waals surface area contributed by atoms with Gasteiger partial charge in [0.1, 0.15) is 6.04 Å². The molecule has 1 aromatic carbocycles. The normalized spacial score (nSPS) is 13.9. The molecule has 1 unspecified atom stereocenters. The van der Waals surface area contributed by atoms with Gasteiger partial charge in [0.05, 0.1) is 0 Å². The Bertz CT molecular complexity index is 338. The molecule has 5 heteroatoms. The lowest BCUT2D eigenvalue weighted by molar-refractivity contribution is -0.177. The van der Waals surface area contributed by atoms with Crippen molar-refractivity contribution in [1.29, 1.82) is 0 Å². The first-order valence-electron chi connectivity index (χ1n) is 5.96. The summed E-state index contributed by atoms with van der Waals surface area (Å²) in [6, 6.07) is 8.18. The van der Waals surface area contributed by atoms with E-state index in [4.69, 9.17) is 5.73 Å². The number of benzene rings is 1. The summed E-state index contributed by atoms with van der Waals surface area (Å²) < 4.78 is 37.8. The highest BCUT2D eigenvalue weighted by atomic mass is 19.4. The van der Waals surface area contributed by atoms with Crippen LogP contribution in [-0.2, 0) is 6.42 Å². The minimum Gasteiger partial charge on any atom is -0.329 e. The van der Waals surface area contributed by atoms with Gasteiger partial charge in [-0.25, -0.2) is 0 Å². The quantitative estimate of drug-likeness (QED) is 0.851. The second kappa shape index (κ2) is 6.75. The Balaban J connectivity index is 2.39. The van der Waals surface area contributed by atoms with Crippen LogP contribution in [0.25, 0.3) is 0 Å². The predicted molar refractivity (Wildman–Crippen MR) is 66.3 cm³/mol. The van der Waals surface area contributed by atoms with Gasteiger partial charge in [0.2, 0.25) is 0 Å². The molecular formula is C13H19F3N2. The van der Waals surface area contributed by atoms with Crippen LogP contribution in [0.4, 0.5) is 13.2 Å². The largest absolute Gasteiger partial charge is 0.405 e. The molecule has 0 aliphatic heterocycles. The molecular weight excluding hydrogens is 241 g/mol. The van der Waals surface area contributed by atoms with E-state index < -0.39 is 18.8 Å². The van der Waals surface area contributed by atoms with Crippen LogP contribution in [0.2, 0.25) is 0 Å². The van der Waals surface area contributed by atoms with Gasteiger partial charge in [-0.2, -0.15) is 13.2 Å². The van der Waals surface area contributed by atoms with Crippen LogP contribution in [0.3, 0.4) is 0 Å². The lowest BCUT2D eigenvalue weighted by Gasteiger charge is -2.28. The van der Waals surface area contributed by atoms with Crippen molar-refractivity contribution in [2.24, 2.45) is 5.73 Å². The van der Waals surface area contributed by atoms with Gasteiger partial charge in [0.25, 0.3) is 0 Å². The molecule has 0 fully saturated rings. The van der Waals surface area contributed by atoms with Gasteiger partial charge < -0.3 is 5.73 Å². The number of likely N-dealkylation sites (N-methyl/N-ethyl adjacent to an activating group) is 1.